The SMILES string of the molecule is COC(OC)C1CCN(c2cc3c(cc2F)C(=O)N([C@@H](CCC(=O)OC(C)(C)C)C(N)=O)C3=O)CC1. The van der Waals surface area contributed by atoms with Crippen LogP contribution in [0.25, 0.3) is 0 Å². The summed E-state index contributed by atoms with van der Waals surface area (Å²) in [6, 6.07) is 1.00. The summed E-state index contributed by atoms with van der Waals surface area (Å²) in [5.74, 6) is -3.61. The molecule has 1 aromatic rings. The Morgan fingerprint density at radius 1 is 1.08 bits per heavy atom. The Labute approximate surface area is 209 Å². The average molecular weight is 508 g/mol. The molecule has 1 aromatic carbocycles. The molecule has 10 nitrogen and oxygen atoms in total. The summed E-state index contributed by atoms with van der Waals surface area (Å²) < 4.78 is 31.0. The number of imide groups is 1. The summed E-state index contributed by atoms with van der Waals surface area (Å²) in [6.45, 7) is 6.11. The van der Waals surface area contributed by atoms with E-state index in [-0.39, 0.29) is 41.9 Å². The summed E-state index contributed by atoms with van der Waals surface area (Å²) in [6.07, 6.45) is 0.610. The number of ether oxygens (including phenoxy) is 3. The molecule has 3 amide bonds. The second-order valence-electron chi connectivity index (χ2n) is 10.0. The quantitative estimate of drug-likeness (QED) is 0.306. The van der Waals surface area contributed by atoms with E-state index in [4.69, 9.17) is 19.9 Å². The van der Waals surface area contributed by atoms with Crippen LogP contribution in [0.3, 0.4) is 0 Å². The first-order valence-electron chi connectivity index (χ1n) is 11.9. The van der Waals surface area contributed by atoms with E-state index in [1.54, 1.807) is 35.0 Å². The zero-order valence-corrected chi connectivity index (χ0v) is 21.3. The molecule has 0 radical (unpaired) electrons. The maximum Gasteiger partial charge on any atom is 0.306 e. The van der Waals surface area contributed by atoms with Gasteiger partial charge >= 0.3 is 5.97 Å². The standard InChI is InChI=1S/C25H34FN3O7/c1-25(2,3)36-20(30)7-6-18(21(27)31)29-22(32)15-12-17(26)19(13-16(15)23(29)33)28-10-8-14(9-11-28)24(34-4)35-5/h12-14,18,24H,6-11H2,1-5H3,(H2,27,31)/t18-/m0/s1. The Morgan fingerprint density at radius 3 is 2.14 bits per heavy atom. The Kier molecular flexibility index (Phi) is 8.35. The van der Waals surface area contributed by atoms with Crippen LogP contribution in [0.2, 0.25) is 0 Å². The highest BCUT2D eigenvalue weighted by Gasteiger charge is 2.43. The molecule has 0 unspecified atom stereocenters. The third-order valence-electron chi connectivity index (χ3n) is 6.40. The number of primary amides is 1. The van der Waals surface area contributed by atoms with Crippen molar-refractivity contribution in [1.29, 1.82) is 0 Å². The predicted molar refractivity (Wildman–Crippen MR) is 128 cm³/mol. The first-order valence-corrected chi connectivity index (χ1v) is 11.9. The van der Waals surface area contributed by atoms with Crippen LogP contribution in [-0.2, 0) is 23.8 Å². The Balaban J connectivity index is 1.78. The fourth-order valence-corrected chi connectivity index (χ4v) is 4.73. The van der Waals surface area contributed by atoms with Gasteiger partial charge in [-0.2, -0.15) is 0 Å². The van der Waals surface area contributed by atoms with Crippen molar-refractivity contribution in [3.05, 3.63) is 29.1 Å². The van der Waals surface area contributed by atoms with Crippen LogP contribution in [0.4, 0.5) is 10.1 Å². The third kappa shape index (κ3) is 5.84. The summed E-state index contributed by atoms with van der Waals surface area (Å²) in [4.78, 5) is 53.0. The number of rotatable bonds is 9. The highest BCUT2D eigenvalue weighted by molar-refractivity contribution is 6.23. The van der Waals surface area contributed by atoms with Gasteiger partial charge in [0.25, 0.3) is 11.8 Å². The van der Waals surface area contributed by atoms with Crippen molar-refractivity contribution in [3.63, 3.8) is 0 Å². The molecule has 2 N–H and O–H groups in total. The number of anilines is 1. The molecule has 1 fully saturated rings. The highest BCUT2D eigenvalue weighted by atomic mass is 19.1. The van der Waals surface area contributed by atoms with Crippen LogP contribution >= 0.6 is 0 Å². The molecular formula is C25H34FN3O7. The maximum atomic E-state index is 15.1. The lowest BCUT2D eigenvalue weighted by atomic mass is 9.95. The van der Waals surface area contributed by atoms with Crippen molar-refractivity contribution in [3.8, 4) is 0 Å². The number of methoxy groups -OCH3 is 2. The minimum absolute atomic E-state index is 0.00583. The van der Waals surface area contributed by atoms with Gasteiger partial charge in [0.1, 0.15) is 17.5 Å². The summed E-state index contributed by atoms with van der Waals surface area (Å²) in [5.41, 5.74) is 4.81. The number of fused-ring (bicyclic) bond motifs is 1. The van der Waals surface area contributed by atoms with Gasteiger partial charge < -0.3 is 24.8 Å². The van der Waals surface area contributed by atoms with Crippen molar-refractivity contribution in [1.82, 2.24) is 4.90 Å². The van der Waals surface area contributed by atoms with Crippen LogP contribution in [0, 0.1) is 11.7 Å². The molecule has 2 aliphatic rings. The number of benzene rings is 1. The van der Waals surface area contributed by atoms with E-state index in [0.29, 0.717) is 30.8 Å². The topological polar surface area (TPSA) is 128 Å². The number of amides is 3. The smallest absolute Gasteiger partial charge is 0.306 e. The van der Waals surface area contributed by atoms with Crippen LogP contribution in [0.15, 0.2) is 12.1 Å². The molecule has 0 spiro atoms. The Hall–Kier alpha value is -3.05. The Morgan fingerprint density at radius 2 is 1.64 bits per heavy atom. The van der Waals surface area contributed by atoms with Crippen LogP contribution in [0.1, 0.15) is 67.2 Å². The molecule has 2 heterocycles. The predicted octanol–water partition coefficient (Wildman–Crippen LogP) is 2.23. The van der Waals surface area contributed by atoms with E-state index in [0.717, 1.165) is 6.07 Å². The Bertz CT molecular complexity index is 1030. The van der Waals surface area contributed by atoms with Crippen molar-refractivity contribution >= 4 is 29.4 Å². The molecule has 3 rings (SSSR count). The summed E-state index contributed by atoms with van der Waals surface area (Å²) in [5, 5.41) is 0. The van der Waals surface area contributed by atoms with E-state index in [9.17, 15) is 19.2 Å². The number of halogens is 1. The van der Waals surface area contributed by atoms with Gasteiger partial charge in [-0.1, -0.05) is 0 Å². The lowest BCUT2D eigenvalue weighted by Crippen LogP contribution is -2.48. The van der Waals surface area contributed by atoms with Gasteiger partial charge in [-0.3, -0.25) is 24.1 Å². The third-order valence-corrected chi connectivity index (χ3v) is 6.40. The number of nitrogens with zero attached hydrogens (tertiary/aromatic N) is 2. The van der Waals surface area contributed by atoms with Crippen LogP contribution < -0.4 is 10.6 Å². The molecule has 0 aromatic heterocycles. The van der Waals surface area contributed by atoms with Crippen molar-refractivity contribution in [2.24, 2.45) is 11.7 Å². The second-order valence-corrected chi connectivity index (χ2v) is 10.0. The highest BCUT2D eigenvalue weighted by Crippen LogP contribution is 2.34. The summed E-state index contributed by atoms with van der Waals surface area (Å²) in [7, 11) is 3.14. The van der Waals surface area contributed by atoms with E-state index < -0.39 is 41.2 Å². The molecule has 0 saturated carbocycles. The van der Waals surface area contributed by atoms with Crippen molar-refractivity contribution < 1.29 is 37.8 Å². The normalized spacial score (nSPS) is 17.5. The van der Waals surface area contributed by atoms with Gasteiger partial charge in [-0.05, 0) is 52.2 Å². The number of hydrogen-bond acceptors (Lipinski definition) is 8. The molecule has 1 saturated heterocycles. The number of piperidine rings is 1. The molecular weight excluding hydrogens is 473 g/mol. The fraction of sp³-hybridized carbons (Fsp3) is 0.600. The minimum atomic E-state index is -1.37. The maximum absolute atomic E-state index is 15.1. The number of carbonyl (C=O) groups excluding carboxylic acids is 4. The molecule has 2 aliphatic heterocycles. The van der Waals surface area contributed by atoms with Gasteiger partial charge in [0.05, 0.1) is 16.8 Å². The van der Waals surface area contributed by atoms with Crippen LogP contribution in [0.5, 0.6) is 0 Å². The number of esters is 1. The largest absolute Gasteiger partial charge is 0.460 e. The molecule has 11 heteroatoms. The lowest BCUT2D eigenvalue weighted by molar-refractivity contribution is -0.155. The second kappa shape index (κ2) is 10.9. The first kappa shape index (κ1) is 27.5. The number of nitrogens with two attached hydrogens (primary N) is 1. The van der Waals surface area contributed by atoms with Gasteiger partial charge in [0.15, 0.2) is 6.29 Å². The van der Waals surface area contributed by atoms with Gasteiger partial charge in [-0.15, -0.1) is 0 Å². The molecule has 0 aliphatic carbocycles. The molecule has 1 atom stereocenters. The van der Waals surface area contributed by atoms with Gasteiger partial charge in [0, 0.05) is 39.6 Å². The lowest BCUT2D eigenvalue weighted by Gasteiger charge is -2.36. The average Bonchev–Trinajstić information content (AvgIpc) is 3.03. The molecule has 0 bridgehead atoms. The number of hydrogen-bond donors (Lipinski definition) is 1. The first-order chi connectivity index (χ1) is 16.9. The molecule has 36 heavy (non-hydrogen) atoms. The minimum Gasteiger partial charge on any atom is -0.460 e. The zero-order chi connectivity index (χ0) is 26.8. The monoisotopic (exact) mass is 507 g/mol. The van der Waals surface area contributed by atoms with Gasteiger partial charge in [0.2, 0.25) is 5.91 Å². The number of carbonyl (C=O) groups is 4. The van der Waals surface area contributed by atoms with E-state index in [1.165, 1.54) is 6.07 Å². The molecule has 198 valence electrons. The van der Waals surface area contributed by atoms with Crippen molar-refractivity contribution in [2.45, 2.75) is 64.4 Å². The van der Waals surface area contributed by atoms with E-state index >= 15 is 4.39 Å². The van der Waals surface area contributed by atoms with Crippen LogP contribution in [-0.4, -0.2) is 73.8 Å². The fourth-order valence-electron chi connectivity index (χ4n) is 4.73. The van der Waals surface area contributed by atoms with Crippen molar-refractivity contribution in [2.75, 3.05) is 32.2 Å². The van der Waals surface area contributed by atoms with E-state index in [2.05, 4.69) is 0 Å². The summed E-state index contributed by atoms with van der Waals surface area (Å²) >= 11 is 0. The van der Waals surface area contributed by atoms with Gasteiger partial charge in [-0.25, -0.2) is 4.39 Å². The zero-order valence-electron chi connectivity index (χ0n) is 21.3. The van der Waals surface area contributed by atoms with E-state index in [1.807, 2.05) is 4.90 Å².